The summed E-state index contributed by atoms with van der Waals surface area (Å²) < 4.78 is 2.16. The molecule has 0 aliphatic rings. The predicted octanol–water partition coefficient (Wildman–Crippen LogP) is 1.45. The maximum absolute atomic E-state index is 9.09. The minimum Gasteiger partial charge on any atom is -0.389 e. The van der Waals surface area contributed by atoms with Gasteiger partial charge in [-0.1, -0.05) is 0 Å². The molecule has 0 amide bonds. The van der Waals surface area contributed by atoms with Gasteiger partial charge in [-0.15, -0.1) is 0 Å². The molecule has 0 fully saturated rings. The Labute approximate surface area is 79.8 Å². The van der Waals surface area contributed by atoms with Crippen molar-refractivity contribution in [1.29, 1.82) is 0 Å². The fourth-order valence-electron chi connectivity index (χ4n) is 1.89. The third-order valence-electron chi connectivity index (χ3n) is 2.34. The van der Waals surface area contributed by atoms with Crippen molar-refractivity contribution in [2.24, 2.45) is 0 Å². The van der Waals surface area contributed by atoms with Crippen molar-refractivity contribution in [1.82, 2.24) is 0 Å². The normalized spacial score (nSPS) is 13.0. The maximum Gasteiger partial charge on any atom is 0.179 e. The summed E-state index contributed by atoms with van der Waals surface area (Å²) in [5.74, 6) is 0. The molecule has 1 aromatic rings. The smallest absolute Gasteiger partial charge is 0.179 e. The van der Waals surface area contributed by atoms with Gasteiger partial charge in [-0.3, -0.25) is 0 Å². The topological polar surface area (TPSA) is 24.1 Å². The van der Waals surface area contributed by atoms with E-state index >= 15 is 0 Å². The van der Waals surface area contributed by atoms with Gasteiger partial charge in [0.1, 0.15) is 6.61 Å². The van der Waals surface area contributed by atoms with E-state index < -0.39 is 0 Å². The number of rotatable bonds is 2. The number of pyridine rings is 1. The number of nitrogens with zero attached hydrogens (tertiary/aromatic N) is 1. The first-order valence-electron chi connectivity index (χ1n) is 4.66. The summed E-state index contributed by atoms with van der Waals surface area (Å²) in [5, 5.41) is 9.09. The van der Waals surface area contributed by atoms with Crippen LogP contribution in [-0.4, -0.2) is 11.7 Å². The van der Waals surface area contributed by atoms with E-state index in [9.17, 15) is 0 Å². The van der Waals surface area contributed by atoms with Gasteiger partial charge in [0.15, 0.2) is 17.4 Å². The number of aliphatic hydroxyl groups is 1. The van der Waals surface area contributed by atoms with Gasteiger partial charge in [0.2, 0.25) is 0 Å². The zero-order chi connectivity index (χ0) is 10.0. The Morgan fingerprint density at radius 3 is 2.08 bits per heavy atom. The van der Waals surface area contributed by atoms with Crippen LogP contribution in [-0.2, 0) is 0 Å². The third kappa shape index (κ3) is 2.07. The Morgan fingerprint density at radius 1 is 1.23 bits per heavy atom. The molecule has 0 unspecified atom stereocenters. The Morgan fingerprint density at radius 2 is 1.69 bits per heavy atom. The molecular formula is C11H18NO+. The molecule has 0 saturated carbocycles. The summed E-state index contributed by atoms with van der Waals surface area (Å²) in [7, 11) is 0. The molecule has 0 spiro atoms. The monoisotopic (exact) mass is 180 g/mol. The molecule has 2 heteroatoms. The standard InChI is InChI=1S/C11H18NO/c1-8-5-9(2)12(10(3)6-8)11(4)7-13/h5-6,11,13H,7H2,1-4H3/q+1/t11-/m0/s1. The van der Waals surface area contributed by atoms with Gasteiger partial charge in [0, 0.05) is 32.9 Å². The largest absolute Gasteiger partial charge is 0.389 e. The molecule has 0 bridgehead atoms. The van der Waals surface area contributed by atoms with Crippen molar-refractivity contribution in [3.8, 4) is 0 Å². The van der Waals surface area contributed by atoms with Gasteiger partial charge in [0.05, 0.1) is 0 Å². The number of hydrogen-bond acceptors (Lipinski definition) is 1. The molecular weight excluding hydrogens is 162 g/mol. The summed E-state index contributed by atoms with van der Waals surface area (Å²) >= 11 is 0. The highest BCUT2D eigenvalue weighted by Gasteiger charge is 2.17. The molecule has 0 aromatic carbocycles. The molecule has 72 valence electrons. The fourth-order valence-corrected chi connectivity index (χ4v) is 1.89. The first kappa shape index (κ1) is 10.2. The van der Waals surface area contributed by atoms with Crippen LogP contribution in [0.4, 0.5) is 0 Å². The quantitative estimate of drug-likeness (QED) is 0.684. The van der Waals surface area contributed by atoms with Crippen molar-refractivity contribution < 1.29 is 9.67 Å². The minimum atomic E-state index is 0.167. The zero-order valence-corrected chi connectivity index (χ0v) is 8.83. The second kappa shape index (κ2) is 3.88. The van der Waals surface area contributed by atoms with Gasteiger partial charge >= 0.3 is 0 Å². The molecule has 0 saturated heterocycles. The zero-order valence-electron chi connectivity index (χ0n) is 8.83. The molecule has 2 nitrogen and oxygen atoms in total. The SMILES string of the molecule is Cc1cc(C)[n+]([C@@H](C)CO)c(C)c1. The Kier molecular flexibility index (Phi) is 3.04. The van der Waals surface area contributed by atoms with Gasteiger partial charge in [0.25, 0.3) is 0 Å². The van der Waals surface area contributed by atoms with E-state index in [0.29, 0.717) is 0 Å². The van der Waals surface area contributed by atoms with Crippen molar-refractivity contribution in [2.45, 2.75) is 33.7 Å². The summed E-state index contributed by atoms with van der Waals surface area (Å²) in [6.45, 7) is 8.46. The van der Waals surface area contributed by atoms with Crippen LogP contribution in [0.5, 0.6) is 0 Å². The Hall–Kier alpha value is -0.890. The number of aliphatic hydroxyl groups excluding tert-OH is 1. The van der Waals surface area contributed by atoms with E-state index in [1.807, 2.05) is 6.92 Å². The van der Waals surface area contributed by atoms with Gasteiger partial charge in [-0.05, 0) is 12.5 Å². The lowest BCUT2D eigenvalue weighted by atomic mass is 10.2. The molecule has 0 radical (unpaired) electrons. The molecule has 0 aliphatic carbocycles. The average Bonchev–Trinajstić information content (AvgIpc) is 2.02. The maximum atomic E-state index is 9.09. The Balaban J connectivity index is 3.20. The van der Waals surface area contributed by atoms with Crippen molar-refractivity contribution >= 4 is 0 Å². The van der Waals surface area contributed by atoms with E-state index in [2.05, 4.69) is 37.5 Å². The van der Waals surface area contributed by atoms with Crippen molar-refractivity contribution in [2.75, 3.05) is 6.61 Å². The van der Waals surface area contributed by atoms with Gasteiger partial charge < -0.3 is 5.11 Å². The molecule has 1 rings (SSSR count). The first-order valence-corrected chi connectivity index (χ1v) is 4.66. The highest BCUT2D eigenvalue weighted by Crippen LogP contribution is 2.05. The lowest BCUT2D eigenvalue weighted by molar-refractivity contribution is -0.732. The van der Waals surface area contributed by atoms with Gasteiger partial charge in [-0.2, -0.15) is 4.57 Å². The van der Waals surface area contributed by atoms with E-state index in [0.717, 1.165) is 0 Å². The lowest BCUT2D eigenvalue weighted by Crippen LogP contribution is -2.45. The molecule has 1 heterocycles. The van der Waals surface area contributed by atoms with E-state index in [4.69, 9.17) is 5.11 Å². The second-order valence-electron chi connectivity index (χ2n) is 3.72. The third-order valence-corrected chi connectivity index (χ3v) is 2.34. The van der Waals surface area contributed by atoms with Crippen LogP contribution >= 0.6 is 0 Å². The van der Waals surface area contributed by atoms with Crippen LogP contribution in [0.1, 0.15) is 29.9 Å². The van der Waals surface area contributed by atoms with E-state index in [-0.39, 0.29) is 12.6 Å². The summed E-state index contributed by atoms with van der Waals surface area (Å²) in [4.78, 5) is 0. The van der Waals surface area contributed by atoms with Crippen LogP contribution in [0, 0.1) is 20.8 Å². The Bertz CT molecular complexity index is 284. The molecule has 1 atom stereocenters. The van der Waals surface area contributed by atoms with E-state index in [1.54, 1.807) is 0 Å². The molecule has 13 heavy (non-hydrogen) atoms. The average molecular weight is 180 g/mol. The van der Waals surface area contributed by atoms with Crippen molar-refractivity contribution in [3.63, 3.8) is 0 Å². The molecule has 1 aromatic heterocycles. The minimum absolute atomic E-state index is 0.167. The molecule has 0 aliphatic heterocycles. The van der Waals surface area contributed by atoms with Crippen LogP contribution in [0.25, 0.3) is 0 Å². The second-order valence-corrected chi connectivity index (χ2v) is 3.72. The number of aromatic nitrogens is 1. The fraction of sp³-hybridized carbons (Fsp3) is 0.545. The van der Waals surface area contributed by atoms with Crippen LogP contribution in [0.3, 0.4) is 0 Å². The van der Waals surface area contributed by atoms with E-state index in [1.165, 1.54) is 17.0 Å². The van der Waals surface area contributed by atoms with Crippen LogP contribution in [0.2, 0.25) is 0 Å². The lowest BCUT2D eigenvalue weighted by Gasteiger charge is -2.09. The number of hydrogen-bond donors (Lipinski definition) is 1. The van der Waals surface area contributed by atoms with Crippen LogP contribution in [0.15, 0.2) is 12.1 Å². The van der Waals surface area contributed by atoms with Crippen molar-refractivity contribution in [3.05, 3.63) is 29.1 Å². The molecule has 1 N–H and O–H groups in total. The highest BCUT2D eigenvalue weighted by molar-refractivity contribution is 5.13. The van der Waals surface area contributed by atoms with Gasteiger partial charge in [-0.25, -0.2) is 0 Å². The summed E-state index contributed by atoms with van der Waals surface area (Å²) in [6.07, 6.45) is 0. The number of aryl methyl sites for hydroxylation is 3. The predicted molar refractivity (Wildman–Crippen MR) is 52.6 cm³/mol. The highest BCUT2D eigenvalue weighted by atomic mass is 16.3. The summed E-state index contributed by atoms with van der Waals surface area (Å²) in [6, 6.07) is 4.44. The summed E-state index contributed by atoms with van der Waals surface area (Å²) in [5.41, 5.74) is 3.69. The van der Waals surface area contributed by atoms with Crippen LogP contribution < -0.4 is 4.57 Å². The first-order chi connectivity index (χ1) is 6.06.